The fourth-order valence-corrected chi connectivity index (χ4v) is 6.06. The van der Waals surface area contributed by atoms with Crippen molar-refractivity contribution < 1.29 is 61.1 Å². The SMILES string of the molecule is CC(C)(C)OC(=O)N1C(OS(=O)(=O)C(F)(F)F)=CC[C@@H]2[C@@H]1CC[C@]1(C)C(OS(=O)(=O)C(F)(F)F)=CC[C@@H]21. The quantitative estimate of drug-likeness (QED) is 0.260. The van der Waals surface area contributed by atoms with E-state index in [1.54, 1.807) is 0 Å². The largest absolute Gasteiger partial charge is 0.534 e. The maximum absolute atomic E-state index is 13.0. The molecule has 0 spiro atoms. The number of amides is 1. The third kappa shape index (κ3) is 5.52. The Morgan fingerprint density at radius 2 is 1.49 bits per heavy atom. The van der Waals surface area contributed by atoms with Gasteiger partial charge in [-0.05, 0) is 70.4 Å². The number of nitrogens with zero attached hydrogens (tertiary/aromatic N) is 1. The molecule has 0 saturated heterocycles. The summed E-state index contributed by atoms with van der Waals surface area (Å²) >= 11 is 0. The van der Waals surface area contributed by atoms with E-state index >= 15 is 0 Å². The van der Waals surface area contributed by atoms with Gasteiger partial charge in [0, 0.05) is 11.5 Å². The van der Waals surface area contributed by atoms with Crippen LogP contribution in [-0.2, 0) is 33.3 Å². The molecule has 1 aliphatic heterocycles. The Hall–Kier alpha value is -2.17. The summed E-state index contributed by atoms with van der Waals surface area (Å²) < 4.78 is 138. The molecule has 17 heteroatoms. The van der Waals surface area contributed by atoms with Gasteiger partial charge in [-0.15, -0.1) is 0 Å². The van der Waals surface area contributed by atoms with Gasteiger partial charge in [-0.3, -0.25) is 0 Å². The van der Waals surface area contributed by atoms with Crippen LogP contribution >= 0.6 is 0 Å². The topological polar surface area (TPSA) is 116 Å². The minimum atomic E-state index is -6.14. The molecular formula is C20H25F6NO8S2. The predicted octanol–water partition coefficient (Wildman–Crippen LogP) is 4.89. The summed E-state index contributed by atoms with van der Waals surface area (Å²) in [5, 5.41) is 0. The van der Waals surface area contributed by atoms with Crippen molar-refractivity contribution in [2.75, 3.05) is 0 Å². The van der Waals surface area contributed by atoms with Gasteiger partial charge in [-0.2, -0.15) is 43.2 Å². The molecule has 0 aromatic carbocycles. The number of carbonyl (C=O) groups excluding carboxylic acids is 1. The van der Waals surface area contributed by atoms with Crippen LogP contribution in [-0.4, -0.2) is 50.5 Å². The number of carbonyl (C=O) groups is 1. The Morgan fingerprint density at radius 3 is 2.00 bits per heavy atom. The van der Waals surface area contributed by atoms with Gasteiger partial charge in [-0.25, -0.2) is 9.69 Å². The molecular weight excluding hydrogens is 560 g/mol. The van der Waals surface area contributed by atoms with Crippen LogP contribution in [0.2, 0.25) is 0 Å². The van der Waals surface area contributed by atoms with Crippen LogP contribution in [0.25, 0.3) is 0 Å². The molecule has 0 unspecified atom stereocenters. The molecule has 1 heterocycles. The normalized spacial score (nSPS) is 29.0. The van der Waals surface area contributed by atoms with Crippen molar-refractivity contribution in [2.24, 2.45) is 17.3 Å². The Morgan fingerprint density at radius 1 is 0.946 bits per heavy atom. The average molecular weight is 586 g/mol. The summed E-state index contributed by atoms with van der Waals surface area (Å²) in [6, 6.07) is -0.955. The van der Waals surface area contributed by atoms with Gasteiger partial charge >= 0.3 is 37.3 Å². The third-order valence-corrected chi connectivity index (χ3v) is 8.52. The van der Waals surface area contributed by atoms with Gasteiger partial charge in [-0.1, -0.05) is 6.92 Å². The Labute approximate surface area is 209 Å². The van der Waals surface area contributed by atoms with Gasteiger partial charge < -0.3 is 13.1 Å². The number of halogens is 6. The van der Waals surface area contributed by atoms with Crippen molar-refractivity contribution in [3.05, 3.63) is 23.8 Å². The van der Waals surface area contributed by atoms with E-state index in [0.29, 0.717) is 4.90 Å². The number of allylic oxidation sites excluding steroid dienone is 3. The summed E-state index contributed by atoms with van der Waals surface area (Å²) in [4.78, 5) is 13.7. The summed E-state index contributed by atoms with van der Waals surface area (Å²) in [5.74, 6) is -2.54. The predicted molar refractivity (Wildman–Crippen MR) is 114 cm³/mol. The number of hydrogen-bond acceptors (Lipinski definition) is 8. The molecule has 9 nitrogen and oxygen atoms in total. The van der Waals surface area contributed by atoms with E-state index in [4.69, 9.17) is 4.74 Å². The summed E-state index contributed by atoms with van der Waals surface area (Å²) in [5.41, 5.74) is -13.8. The molecule has 1 fully saturated rings. The molecule has 0 N–H and O–H groups in total. The zero-order valence-electron chi connectivity index (χ0n) is 20.0. The van der Waals surface area contributed by atoms with Crippen LogP contribution in [0.3, 0.4) is 0 Å². The molecule has 2 aliphatic carbocycles. The summed E-state index contributed by atoms with van der Waals surface area (Å²) in [6.07, 6.45) is 0.834. The lowest BCUT2D eigenvalue weighted by Gasteiger charge is -2.51. The van der Waals surface area contributed by atoms with Gasteiger partial charge in [0.25, 0.3) is 0 Å². The number of hydrogen-bond donors (Lipinski definition) is 0. The van der Waals surface area contributed by atoms with Crippen molar-refractivity contribution in [3.63, 3.8) is 0 Å². The lowest BCUT2D eigenvalue weighted by Crippen LogP contribution is -2.55. The van der Waals surface area contributed by atoms with E-state index in [9.17, 15) is 48.0 Å². The lowest BCUT2D eigenvalue weighted by atomic mass is 9.60. The summed E-state index contributed by atoms with van der Waals surface area (Å²) in [6.45, 7) is 5.94. The first-order valence-corrected chi connectivity index (χ1v) is 13.8. The minimum absolute atomic E-state index is 0.0311. The number of ether oxygens (including phenoxy) is 1. The zero-order valence-corrected chi connectivity index (χ0v) is 21.6. The summed E-state index contributed by atoms with van der Waals surface area (Å²) in [7, 11) is -12.1. The lowest BCUT2D eigenvalue weighted by molar-refractivity contribution is -0.0615. The highest BCUT2D eigenvalue weighted by atomic mass is 32.2. The molecule has 1 amide bonds. The molecule has 4 atom stereocenters. The van der Waals surface area contributed by atoms with Crippen molar-refractivity contribution in [1.29, 1.82) is 0 Å². The fraction of sp³-hybridized carbons (Fsp3) is 0.750. The molecule has 37 heavy (non-hydrogen) atoms. The molecule has 0 aromatic heterocycles. The maximum atomic E-state index is 13.0. The van der Waals surface area contributed by atoms with Crippen LogP contribution in [0, 0.1) is 17.3 Å². The Balaban J connectivity index is 1.96. The van der Waals surface area contributed by atoms with Crippen molar-refractivity contribution in [3.8, 4) is 0 Å². The zero-order chi connectivity index (χ0) is 28.4. The minimum Gasteiger partial charge on any atom is -0.443 e. The smallest absolute Gasteiger partial charge is 0.443 e. The second-order valence-corrected chi connectivity index (χ2v) is 13.3. The van der Waals surface area contributed by atoms with E-state index in [-0.39, 0.29) is 25.7 Å². The van der Waals surface area contributed by atoms with Crippen molar-refractivity contribution in [1.82, 2.24) is 4.90 Å². The third-order valence-electron chi connectivity index (χ3n) is 6.59. The maximum Gasteiger partial charge on any atom is 0.534 e. The van der Waals surface area contributed by atoms with Crippen molar-refractivity contribution in [2.45, 2.75) is 76.0 Å². The van der Waals surface area contributed by atoms with Gasteiger partial charge in [0.2, 0.25) is 5.88 Å². The first-order chi connectivity index (χ1) is 16.5. The highest BCUT2D eigenvalue weighted by molar-refractivity contribution is 7.88. The van der Waals surface area contributed by atoms with Crippen LogP contribution in [0.5, 0.6) is 0 Å². The molecule has 0 radical (unpaired) electrons. The molecule has 0 aromatic rings. The van der Waals surface area contributed by atoms with Crippen LogP contribution in [0.1, 0.15) is 53.4 Å². The first-order valence-electron chi connectivity index (χ1n) is 10.9. The van der Waals surface area contributed by atoms with Gasteiger partial charge in [0.15, 0.2) is 0 Å². The Kier molecular flexibility index (Phi) is 7.11. The van der Waals surface area contributed by atoms with Gasteiger partial charge in [0.1, 0.15) is 11.4 Å². The van der Waals surface area contributed by atoms with E-state index < -0.39 is 77.9 Å². The van der Waals surface area contributed by atoms with Crippen LogP contribution < -0.4 is 0 Å². The van der Waals surface area contributed by atoms with Crippen LogP contribution in [0.15, 0.2) is 23.8 Å². The van der Waals surface area contributed by atoms with E-state index in [1.807, 2.05) is 0 Å². The van der Waals surface area contributed by atoms with E-state index in [0.717, 1.165) is 6.08 Å². The average Bonchev–Trinajstić information content (AvgIpc) is 3.00. The highest BCUT2D eigenvalue weighted by Gasteiger charge is 2.59. The fourth-order valence-electron chi connectivity index (χ4n) is 5.00. The van der Waals surface area contributed by atoms with Crippen molar-refractivity contribution >= 4 is 26.3 Å². The monoisotopic (exact) mass is 585 g/mol. The number of rotatable bonds is 4. The second kappa shape index (κ2) is 8.95. The number of alkyl halides is 6. The molecule has 3 aliphatic rings. The standard InChI is InChI=1S/C20H25F6NO8S2/c1-17(2,3)33-16(28)27-13-9-10-18(4)12(6-7-14(18)34-36(29,30)19(21,22)23)11(13)5-8-15(27)35-37(31,32)20(24,25)26/h7-8,11-13H,5-6,9-10H2,1-4H3/t11-,12-,13-,18-/m0/s1. The van der Waals surface area contributed by atoms with Crippen LogP contribution in [0.4, 0.5) is 31.1 Å². The molecule has 1 saturated carbocycles. The highest BCUT2D eigenvalue weighted by Crippen LogP contribution is 2.58. The molecule has 212 valence electrons. The second-order valence-electron chi connectivity index (χ2n) is 10.2. The molecule has 0 bridgehead atoms. The molecule has 3 rings (SSSR count). The first kappa shape index (κ1) is 29.4. The number of fused-ring (bicyclic) bond motifs is 3. The van der Waals surface area contributed by atoms with E-state index in [2.05, 4.69) is 8.37 Å². The van der Waals surface area contributed by atoms with E-state index in [1.165, 1.54) is 33.8 Å². The Bertz CT molecular complexity index is 1220. The van der Waals surface area contributed by atoms with Gasteiger partial charge in [0.05, 0.1) is 0 Å².